The predicted molar refractivity (Wildman–Crippen MR) is 239 cm³/mol. The van der Waals surface area contributed by atoms with E-state index in [4.69, 9.17) is 20.7 Å². The van der Waals surface area contributed by atoms with E-state index in [9.17, 15) is 0 Å². The van der Waals surface area contributed by atoms with Gasteiger partial charge in [0.2, 0.25) is 0 Å². The first-order valence-corrected chi connectivity index (χ1v) is 26.5. The fourth-order valence-electron chi connectivity index (χ4n) is 7.49. The molecule has 0 atom stereocenters. The zero-order valence-electron chi connectivity index (χ0n) is 38.2. The minimum atomic E-state index is -2.36. The van der Waals surface area contributed by atoms with Gasteiger partial charge in [0.05, 0.1) is 28.1 Å². The largest absolute Gasteiger partial charge is 0.501 e. The predicted octanol–water partition coefficient (Wildman–Crippen LogP) is 13.3. The van der Waals surface area contributed by atoms with E-state index in [0.717, 1.165) is 76.4 Å². The number of hydrogen-bond acceptors (Lipinski definition) is 4. The Hall–Kier alpha value is -5.27. The van der Waals surface area contributed by atoms with E-state index >= 15 is 0 Å². The Morgan fingerprint density at radius 2 is 1.43 bits per heavy atom. The number of aromatic nitrogens is 3. The number of aryl methyl sites for hydroxylation is 1. The molecule has 58 heavy (non-hydrogen) atoms. The first-order valence-electron chi connectivity index (χ1n) is 21.7. The van der Waals surface area contributed by atoms with Gasteiger partial charge in [0.25, 0.3) is 0 Å². The van der Waals surface area contributed by atoms with Gasteiger partial charge in [-0.15, -0.1) is 18.2 Å². The number of pyridine rings is 1. The van der Waals surface area contributed by atoms with Crippen molar-refractivity contribution in [2.24, 2.45) is 5.41 Å². The van der Waals surface area contributed by atoms with E-state index in [1.165, 1.54) is 6.07 Å². The number of rotatable bonds is 5. The summed E-state index contributed by atoms with van der Waals surface area (Å²) in [6, 6.07) is 47.7. The van der Waals surface area contributed by atoms with Crippen molar-refractivity contribution in [3.05, 3.63) is 157 Å². The van der Waals surface area contributed by atoms with Crippen LogP contribution in [0.2, 0.25) is 17.3 Å². The van der Waals surface area contributed by atoms with Crippen LogP contribution in [0.1, 0.15) is 38.8 Å². The second-order valence-electron chi connectivity index (χ2n) is 16.4. The van der Waals surface area contributed by atoms with Gasteiger partial charge >= 0.3 is 145 Å². The van der Waals surface area contributed by atoms with Gasteiger partial charge in [-0.3, -0.25) is 4.98 Å². The molecule has 0 N–H and O–H groups in total. The molecule has 5 nitrogen and oxygen atoms in total. The van der Waals surface area contributed by atoms with Crippen molar-refractivity contribution >= 4 is 72.6 Å². The Kier molecular flexibility index (Phi) is 8.99. The van der Waals surface area contributed by atoms with Gasteiger partial charge < -0.3 is 13.4 Å². The SMILES string of the molecule is [2H]C([2H])([2H])c1c[c-]c(-c2cc(C([2H])([2H])C(C)(C)C)[c]([Ge]([CH3])([CH3])[CH3])cn2)cc1.[Ir].[c-]1ccc2c(oc3ccccc32)c1-c1nc2ccccc2n1-c1cccc2c1oc1ccccc12. The Balaban J connectivity index is 0.000000177. The van der Waals surface area contributed by atoms with Crippen LogP contribution in [-0.2, 0) is 26.5 Å². The van der Waals surface area contributed by atoms with Gasteiger partial charge in [0.1, 0.15) is 11.2 Å². The Labute approximate surface area is 362 Å². The van der Waals surface area contributed by atoms with E-state index in [-0.39, 0.29) is 25.7 Å². The average Bonchev–Trinajstić information content (AvgIpc) is 3.94. The fourth-order valence-corrected chi connectivity index (χ4v) is 10.4. The topological polar surface area (TPSA) is 57.0 Å². The molecule has 0 spiro atoms. The molecule has 0 bridgehead atoms. The Morgan fingerprint density at radius 1 is 0.759 bits per heavy atom. The zero-order chi connectivity index (χ0) is 43.8. The third kappa shape index (κ3) is 7.46. The number of furan rings is 2. The molecule has 0 aliphatic carbocycles. The molecule has 0 aliphatic rings. The monoisotopic (exact) mass is 1000 g/mol. The maximum atomic E-state index is 8.80. The van der Waals surface area contributed by atoms with Crippen LogP contribution >= 0.6 is 0 Å². The first kappa shape index (κ1) is 33.7. The maximum absolute atomic E-state index is 8.80. The minimum Gasteiger partial charge on any atom is -0.501 e. The van der Waals surface area contributed by atoms with E-state index in [0.29, 0.717) is 16.8 Å². The molecule has 6 aromatic carbocycles. The number of nitrogens with zero attached hydrogens (tertiary/aromatic N) is 3. The molecular weight excluding hydrogens is 951 g/mol. The van der Waals surface area contributed by atoms with Crippen LogP contribution in [0.25, 0.3) is 83.2 Å². The van der Waals surface area contributed by atoms with Gasteiger partial charge in [-0.2, -0.15) is 0 Å². The normalized spacial score (nSPS) is 13.7. The number of hydrogen-bond donors (Lipinski definition) is 0. The molecule has 7 heteroatoms. The minimum absolute atomic E-state index is 0. The van der Waals surface area contributed by atoms with Gasteiger partial charge in [0, 0.05) is 36.3 Å². The summed E-state index contributed by atoms with van der Waals surface area (Å²) in [7, 11) is 0. The van der Waals surface area contributed by atoms with Gasteiger partial charge in [-0.25, -0.2) is 0 Å². The summed E-state index contributed by atoms with van der Waals surface area (Å²) in [5.74, 6) is 7.46. The summed E-state index contributed by atoms with van der Waals surface area (Å²) >= 11 is -2.36. The fraction of sp³-hybridized carbons (Fsp3) is 0.176. The number of benzene rings is 6. The Bertz CT molecular complexity index is 3300. The molecule has 0 saturated carbocycles. The summed E-state index contributed by atoms with van der Waals surface area (Å²) in [4.78, 5) is 9.64. The van der Waals surface area contributed by atoms with Crippen LogP contribution in [-0.4, -0.2) is 27.8 Å². The smallest absolute Gasteiger partial charge is 0.158 e. The molecule has 0 aliphatic heterocycles. The first-order chi connectivity index (χ1) is 29.4. The van der Waals surface area contributed by atoms with Crippen molar-refractivity contribution in [2.45, 2.75) is 51.3 Å². The van der Waals surface area contributed by atoms with Crippen molar-refractivity contribution in [1.82, 2.24) is 14.5 Å². The van der Waals surface area contributed by atoms with Crippen LogP contribution in [0, 0.1) is 24.4 Å². The molecule has 10 rings (SSSR count). The molecule has 1 radical (unpaired) electrons. The maximum Gasteiger partial charge on any atom is 0.158 e. The molecule has 4 heterocycles. The molecule has 4 aromatic heterocycles. The molecule has 0 saturated heterocycles. The van der Waals surface area contributed by atoms with Crippen LogP contribution in [0.3, 0.4) is 0 Å². The zero-order valence-corrected chi connectivity index (χ0v) is 37.7. The average molecular weight is 1000 g/mol. The van der Waals surface area contributed by atoms with E-state index < -0.39 is 31.9 Å². The summed E-state index contributed by atoms with van der Waals surface area (Å²) < 4.78 is 56.0. The quantitative estimate of drug-likeness (QED) is 0.127. The van der Waals surface area contributed by atoms with E-state index in [1.54, 1.807) is 12.1 Å². The van der Waals surface area contributed by atoms with E-state index in [1.807, 2.05) is 93.7 Å². The van der Waals surface area contributed by atoms with Crippen LogP contribution in [0.15, 0.2) is 142 Å². The molecule has 0 unspecified atom stereocenters. The molecule has 10 aromatic rings. The molecule has 291 valence electrons. The molecule has 0 fully saturated rings. The van der Waals surface area contributed by atoms with Crippen molar-refractivity contribution in [3.8, 4) is 28.3 Å². The third-order valence-corrected chi connectivity index (χ3v) is 14.3. The van der Waals surface area contributed by atoms with Crippen molar-refractivity contribution in [1.29, 1.82) is 0 Å². The van der Waals surface area contributed by atoms with Crippen LogP contribution in [0.4, 0.5) is 0 Å². The van der Waals surface area contributed by atoms with Crippen molar-refractivity contribution in [2.75, 3.05) is 0 Å². The van der Waals surface area contributed by atoms with Crippen LogP contribution in [0.5, 0.6) is 0 Å². The second-order valence-corrected chi connectivity index (χ2v) is 27.0. The number of fused-ring (bicyclic) bond motifs is 7. The number of para-hydroxylation sites is 5. The van der Waals surface area contributed by atoms with Gasteiger partial charge in [-0.05, 0) is 30.3 Å². The van der Waals surface area contributed by atoms with Gasteiger partial charge in [-0.1, -0.05) is 71.6 Å². The summed E-state index contributed by atoms with van der Waals surface area (Å²) in [6.07, 6.45) is 0.303. The molecular formula is C51H45GeIrN3O2-2. The Morgan fingerprint density at radius 3 is 2.12 bits per heavy atom. The third-order valence-electron chi connectivity index (χ3n) is 10.1. The van der Waals surface area contributed by atoms with Crippen molar-refractivity contribution < 1.29 is 35.8 Å². The summed E-state index contributed by atoms with van der Waals surface area (Å²) in [6.45, 7) is 3.55. The van der Waals surface area contributed by atoms with Crippen molar-refractivity contribution in [3.63, 3.8) is 0 Å². The standard InChI is InChI=1S/C31H17N2O2.C20H28GeN.Ir/c1-5-17-27-19(9-1)21-11-7-13-23(29(21)34-27)31-32-24-14-3-4-15-25(24)33(31)26-16-8-12-22-20-10-2-6-18-28(20)35-30(22)26;1-15-8-10-16(11-9-15)19-12-17(13-20(2,3)4)18(14-22-19)21(5,6)7;/h1-12,14-18H;8-10,12,14H,13H2,1-7H3;/q2*-1;/i;1D3,13D2;. The molecule has 0 amide bonds. The van der Waals surface area contributed by atoms with E-state index in [2.05, 4.69) is 81.4 Å². The summed E-state index contributed by atoms with van der Waals surface area (Å²) in [5.41, 5.74) is 8.63. The second kappa shape index (κ2) is 15.5. The number of imidazole rings is 1. The van der Waals surface area contributed by atoms with Gasteiger partial charge in [0.15, 0.2) is 5.58 Å². The van der Waals surface area contributed by atoms with Crippen LogP contribution < -0.4 is 4.40 Å². The summed E-state index contributed by atoms with van der Waals surface area (Å²) in [5, 5.41) is 4.31.